The minimum atomic E-state index is -0.192. The first-order valence-corrected chi connectivity index (χ1v) is 6.96. The van der Waals surface area contributed by atoms with E-state index in [0.717, 1.165) is 24.1 Å². The van der Waals surface area contributed by atoms with E-state index in [1.165, 1.54) is 6.07 Å². The Hall–Kier alpha value is -2.43. The van der Waals surface area contributed by atoms with Crippen LogP contribution in [-0.2, 0) is 4.79 Å². The van der Waals surface area contributed by atoms with Crippen LogP contribution in [0.4, 0.5) is 5.69 Å². The number of anilines is 1. The summed E-state index contributed by atoms with van der Waals surface area (Å²) in [5.74, 6) is 0.601. The monoisotopic (exact) mass is 283 g/mol. The molecule has 1 aliphatic rings. The first-order valence-electron chi connectivity index (χ1n) is 6.96. The second kappa shape index (κ2) is 4.84. The maximum absolute atomic E-state index is 12.0. The van der Waals surface area contributed by atoms with Crippen molar-refractivity contribution in [1.82, 2.24) is 9.97 Å². The van der Waals surface area contributed by atoms with Gasteiger partial charge in [0.1, 0.15) is 5.82 Å². The highest BCUT2D eigenvalue weighted by Crippen LogP contribution is 2.45. The average molecular weight is 283 g/mol. The molecule has 1 aromatic carbocycles. The van der Waals surface area contributed by atoms with Crippen LogP contribution in [0.25, 0.3) is 11.4 Å². The molecule has 21 heavy (non-hydrogen) atoms. The van der Waals surface area contributed by atoms with Gasteiger partial charge >= 0.3 is 0 Å². The molecule has 1 fully saturated rings. The highest BCUT2D eigenvalue weighted by Gasteiger charge is 2.44. The van der Waals surface area contributed by atoms with E-state index in [1.54, 1.807) is 6.92 Å². The Kier molecular flexibility index (Phi) is 3.12. The first kappa shape index (κ1) is 13.5. The second-order valence-corrected chi connectivity index (χ2v) is 5.83. The second-order valence-electron chi connectivity index (χ2n) is 5.83. The van der Waals surface area contributed by atoms with E-state index < -0.39 is 0 Å². The number of hydrogen-bond acceptors (Lipinski definition) is 3. The van der Waals surface area contributed by atoms with Crippen molar-refractivity contribution >= 4 is 11.6 Å². The van der Waals surface area contributed by atoms with Crippen LogP contribution in [0.2, 0.25) is 0 Å². The number of benzene rings is 1. The van der Waals surface area contributed by atoms with E-state index in [-0.39, 0.29) is 16.9 Å². The fraction of sp³-hybridized carbons (Fsp3) is 0.312. The summed E-state index contributed by atoms with van der Waals surface area (Å²) in [6.45, 7) is 3.75. The number of hydrogen-bond donors (Lipinski definition) is 2. The maximum Gasteiger partial charge on any atom is 0.251 e. The first-order chi connectivity index (χ1) is 9.96. The Morgan fingerprint density at radius 3 is 2.52 bits per heavy atom. The van der Waals surface area contributed by atoms with Crippen molar-refractivity contribution in [2.24, 2.45) is 5.41 Å². The third-order valence-electron chi connectivity index (χ3n) is 3.83. The van der Waals surface area contributed by atoms with Gasteiger partial charge in [0.2, 0.25) is 5.91 Å². The number of nitrogens with zero attached hydrogens (tertiary/aromatic N) is 1. The summed E-state index contributed by atoms with van der Waals surface area (Å²) in [4.78, 5) is 30.4. The van der Waals surface area contributed by atoms with Gasteiger partial charge in [0.05, 0.1) is 0 Å². The third kappa shape index (κ3) is 2.86. The van der Waals surface area contributed by atoms with E-state index in [2.05, 4.69) is 15.3 Å². The van der Waals surface area contributed by atoms with Crippen LogP contribution in [-0.4, -0.2) is 15.9 Å². The Morgan fingerprint density at radius 2 is 1.95 bits per heavy atom. The highest BCUT2D eigenvalue weighted by molar-refractivity contribution is 5.96. The molecule has 1 aromatic heterocycles. The van der Waals surface area contributed by atoms with Gasteiger partial charge in [-0.15, -0.1) is 0 Å². The lowest BCUT2D eigenvalue weighted by atomic mass is 10.1. The zero-order valence-electron chi connectivity index (χ0n) is 12.1. The molecule has 0 saturated heterocycles. The summed E-state index contributed by atoms with van der Waals surface area (Å²) in [5.41, 5.74) is 1.88. The van der Waals surface area contributed by atoms with E-state index in [1.807, 2.05) is 31.2 Å². The molecular weight excluding hydrogens is 266 g/mol. The number of aromatic amines is 1. The zero-order chi connectivity index (χ0) is 15.0. The topological polar surface area (TPSA) is 74.8 Å². The van der Waals surface area contributed by atoms with Gasteiger partial charge in [-0.3, -0.25) is 9.59 Å². The fourth-order valence-corrected chi connectivity index (χ4v) is 2.12. The molecule has 1 heterocycles. The van der Waals surface area contributed by atoms with Crippen molar-refractivity contribution in [3.63, 3.8) is 0 Å². The quantitative estimate of drug-likeness (QED) is 0.908. The zero-order valence-corrected chi connectivity index (χ0v) is 12.1. The van der Waals surface area contributed by atoms with Gasteiger partial charge in [-0.25, -0.2) is 4.98 Å². The van der Waals surface area contributed by atoms with Crippen molar-refractivity contribution in [3.05, 3.63) is 46.4 Å². The van der Waals surface area contributed by atoms with E-state index in [4.69, 9.17) is 0 Å². The molecule has 108 valence electrons. The number of rotatable bonds is 3. The number of amides is 1. The molecule has 2 N–H and O–H groups in total. The minimum Gasteiger partial charge on any atom is -0.326 e. The molecule has 5 nitrogen and oxygen atoms in total. The Morgan fingerprint density at radius 1 is 1.29 bits per heavy atom. The standard InChI is InChI=1S/C16H17N3O2/c1-10-9-13(20)19-14(17-10)11-3-5-12(6-4-11)18-15(21)16(2)7-8-16/h3-6,9H,7-8H2,1-2H3,(H,18,21)(H,17,19,20). The van der Waals surface area contributed by atoms with Gasteiger partial charge in [-0.05, 0) is 44.0 Å². The van der Waals surface area contributed by atoms with Gasteiger partial charge in [0.15, 0.2) is 0 Å². The molecule has 0 atom stereocenters. The SMILES string of the molecule is Cc1cc(=O)[nH]c(-c2ccc(NC(=O)C3(C)CC3)cc2)n1. The molecule has 0 aliphatic heterocycles. The number of H-pyrrole nitrogens is 1. The van der Waals surface area contributed by atoms with Crippen molar-refractivity contribution in [2.45, 2.75) is 26.7 Å². The number of carbonyl (C=O) groups is 1. The predicted octanol–water partition coefficient (Wildman–Crippen LogP) is 2.48. The van der Waals surface area contributed by atoms with Crippen LogP contribution in [0.1, 0.15) is 25.5 Å². The summed E-state index contributed by atoms with van der Waals surface area (Å²) in [6.07, 6.45) is 1.90. The summed E-state index contributed by atoms with van der Waals surface area (Å²) >= 11 is 0. The van der Waals surface area contributed by atoms with E-state index >= 15 is 0 Å². The molecule has 1 saturated carbocycles. The maximum atomic E-state index is 12.0. The lowest BCUT2D eigenvalue weighted by Crippen LogP contribution is -2.21. The summed E-state index contributed by atoms with van der Waals surface area (Å²) in [5, 5.41) is 2.91. The van der Waals surface area contributed by atoms with E-state index in [9.17, 15) is 9.59 Å². The molecule has 0 bridgehead atoms. The van der Waals surface area contributed by atoms with E-state index in [0.29, 0.717) is 11.5 Å². The minimum absolute atomic E-state index is 0.0670. The average Bonchev–Trinajstić information content (AvgIpc) is 3.18. The molecule has 1 amide bonds. The van der Waals surface area contributed by atoms with Crippen molar-refractivity contribution in [1.29, 1.82) is 0 Å². The van der Waals surface area contributed by atoms with Crippen LogP contribution < -0.4 is 10.9 Å². The summed E-state index contributed by atoms with van der Waals surface area (Å²) < 4.78 is 0. The largest absolute Gasteiger partial charge is 0.326 e. The molecule has 0 spiro atoms. The Labute approximate surface area is 122 Å². The molecule has 5 heteroatoms. The van der Waals surface area contributed by atoms with Crippen molar-refractivity contribution < 1.29 is 4.79 Å². The number of carbonyl (C=O) groups excluding carboxylic acids is 1. The fourth-order valence-electron chi connectivity index (χ4n) is 2.12. The van der Waals surface area contributed by atoms with Crippen LogP contribution >= 0.6 is 0 Å². The van der Waals surface area contributed by atoms with Crippen LogP contribution in [0.3, 0.4) is 0 Å². The normalized spacial score (nSPS) is 15.5. The third-order valence-corrected chi connectivity index (χ3v) is 3.83. The number of aromatic nitrogens is 2. The molecule has 1 aliphatic carbocycles. The summed E-state index contributed by atoms with van der Waals surface area (Å²) in [7, 11) is 0. The molecule has 3 rings (SSSR count). The highest BCUT2D eigenvalue weighted by atomic mass is 16.2. The Bertz CT molecular complexity index is 743. The van der Waals surface area contributed by atoms with Gasteiger partial charge in [-0.2, -0.15) is 0 Å². The van der Waals surface area contributed by atoms with Crippen LogP contribution in [0, 0.1) is 12.3 Å². The van der Waals surface area contributed by atoms with Gasteiger partial charge in [-0.1, -0.05) is 6.92 Å². The van der Waals surface area contributed by atoms with Crippen LogP contribution in [0.5, 0.6) is 0 Å². The van der Waals surface area contributed by atoms with Crippen molar-refractivity contribution in [2.75, 3.05) is 5.32 Å². The van der Waals surface area contributed by atoms with Gasteiger partial charge in [0.25, 0.3) is 5.56 Å². The number of aryl methyl sites for hydroxylation is 1. The lowest BCUT2D eigenvalue weighted by molar-refractivity contribution is -0.120. The molecule has 0 radical (unpaired) electrons. The van der Waals surface area contributed by atoms with Gasteiger partial charge in [0, 0.05) is 28.4 Å². The van der Waals surface area contributed by atoms with Crippen LogP contribution in [0.15, 0.2) is 35.1 Å². The molecule has 2 aromatic rings. The van der Waals surface area contributed by atoms with Gasteiger partial charge < -0.3 is 10.3 Å². The molecule has 0 unspecified atom stereocenters. The Balaban J connectivity index is 1.80. The lowest BCUT2D eigenvalue weighted by Gasteiger charge is -2.10. The number of nitrogens with one attached hydrogen (secondary N) is 2. The molecular formula is C16H17N3O2. The smallest absolute Gasteiger partial charge is 0.251 e. The van der Waals surface area contributed by atoms with Crippen molar-refractivity contribution in [3.8, 4) is 11.4 Å². The summed E-state index contributed by atoms with van der Waals surface area (Å²) in [6, 6.07) is 8.77. The predicted molar refractivity (Wildman–Crippen MR) is 81.0 cm³/mol.